The topological polar surface area (TPSA) is 64.7 Å². The molecule has 4 nitrogen and oxygen atoms in total. The molecule has 2 heterocycles. The second-order valence-corrected chi connectivity index (χ2v) is 3.21. The molecule has 0 spiro atoms. The van der Waals surface area contributed by atoms with Gasteiger partial charge in [0.05, 0.1) is 17.1 Å². The number of hydrogen-bond acceptors (Lipinski definition) is 4. The van der Waals surface area contributed by atoms with Crippen molar-refractivity contribution >= 4 is 12.4 Å². The molecule has 5 heteroatoms. The van der Waals surface area contributed by atoms with Crippen LogP contribution in [-0.4, -0.2) is 15.0 Å². The number of pyridine rings is 1. The number of rotatable bonds is 2. The van der Waals surface area contributed by atoms with E-state index in [9.17, 15) is 0 Å². The molecule has 2 N–H and O–H groups in total. The van der Waals surface area contributed by atoms with Crippen LogP contribution >= 0.6 is 12.4 Å². The Morgan fingerprint density at radius 1 is 1.19 bits per heavy atom. The van der Waals surface area contributed by atoms with Crippen LogP contribution in [0.1, 0.15) is 11.5 Å². The van der Waals surface area contributed by atoms with Gasteiger partial charge in [0.2, 0.25) is 0 Å². The average Bonchev–Trinajstić information content (AvgIpc) is 2.29. The van der Waals surface area contributed by atoms with E-state index in [1.165, 1.54) is 0 Å². The van der Waals surface area contributed by atoms with E-state index in [0.717, 1.165) is 22.9 Å². The first-order chi connectivity index (χ1) is 7.29. The van der Waals surface area contributed by atoms with E-state index in [0.29, 0.717) is 6.54 Å². The zero-order valence-electron chi connectivity index (χ0n) is 8.92. The number of hydrogen-bond donors (Lipinski definition) is 1. The van der Waals surface area contributed by atoms with Crippen molar-refractivity contribution in [1.29, 1.82) is 0 Å². The molecule has 0 aliphatic carbocycles. The van der Waals surface area contributed by atoms with Crippen LogP contribution in [0.3, 0.4) is 0 Å². The summed E-state index contributed by atoms with van der Waals surface area (Å²) in [6, 6.07) is 7.60. The molecule has 0 atom stereocenters. The van der Waals surface area contributed by atoms with Crippen molar-refractivity contribution in [2.75, 3.05) is 0 Å². The highest BCUT2D eigenvalue weighted by molar-refractivity contribution is 5.85. The van der Waals surface area contributed by atoms with Crippen molar-refractivity contribution in [3.05, 3.63) is 42.0 Å². The van der Waals surface area contributed by atoms with Gasteiger partial charge in [-0.15, -0.1) is 12.4 Å². The van der Waals surface area contributed by atoms with Gasteiger partial charge in [0.15, 0.2) is 0 Å². The normalized spacial score (nSPS) is 9.62. The molecule has 0 amide bonds. The SMILES string of the molecule is Cc1nc(CN)cc(-c2ccccn2)n1.Cl. The summed E-state index contributed by atoms with van der Waals surface area (Å²) in [4.78, 5) is 12.8. The summed E-state index contributed by atoms with van der Waals surface area (Å²) in [5.41, 5.74) is 8.06. The van der Waals surface area contributed by atoms with E-state index >= 15 is 0 Å². The predicted octanol–water partition coefficient (Wildman–Crippen LogP) is 1.73. The van der Waals surface area contributed by atoms with E-state index in [4.69, 9.17) is 5.73 Å². The molecule has 0 aliphatic heterocycles. The first kappa shape index (κ1) is 12.5. The molecule has 0 saturated carbocycles. The zero-order valence-corrected chi connectivity index (χ0v) is 9.74. The number of halogens is 1. The Bertz CT molecular complexity index is 459. The summed E-state index contributed by atoms with van der Waals surface area (Å²) < 4.78 is 0. The molecule has 0 aromatic carbocycles. The van der Waals surface area contributed by atoms with Crippen molar-refractivity contribution < 1.29 is 0 Å². The van der Waals surface area contributed by atoms with Gasteiger partial charge in [-0.2, -0.15) is 0 Å². The fourth-order valence-electron chi connectivity index (χ4n) is 1.38. The van der Waals surface area contributed by atoms with Crippen LogP contribution in [0.4, 0.5) is 0 Å². The largest absolute Gasteiger partial charge is 0.325 e. The first-order valence-corrected chi connectivity index (χ1v) is 4.75. The second-order valence-electron chi connectivity index (χ2n) is 3.21. The minimum absolute atomic E-state index is 0. The molecule has 0 fully saturated rings. The van der Waals surface area contributed by atoms with Crippen LogP contribution < -0.4 is 5.73 Å². The molecule has 2 aromatic heterocycles. The molecular weight excluding hydrogens is 224 g/mol. The highest BCUT2D eigenvalue weighted by Gasteiger charge is 2.03. The maximum Gasteiger partial charge on any atom is 0.126 e. The molecule has 0 saturated heterocycles. The number of aryl methyl sites for hydroxylation is 1. The van der Waals surface area contributed by atoms with Gasteiger partial charge in [0.1, 0.15) is 5.82 Å². The lowest BCUT2D eigenvalue weighted by Crippen LogP contribution is -2.03. The summed E-state index contributed by atoms with van der Waals surface area (Å²) >= 11 is 0. The van der Waals surface area contributed by atoms with Crippen LogP contribution in [-0.2, 0) is 6.54 Å². The summed E-state index contributed by atoms with van der Waals surface area (Å²) in [5.74, 6) is 0.721. The second kappa shape index (κ2) is 5.53. The van der Waals surface area contributed by atoms with E-state index in [1.807, 2.05) is 31.2 Å². The maximum absolute atomic E-state index is 5.55. The highest BCUT2D eigenvalue weighted by atomic mass is 35.5. The van der Waals surface area contributed by atoms with Crippen molar-refractivity contribution in [3.8, 4) is 11.4 Å². The Morgan fingerprint density at radius 2 is 2.00 bits per heavy atom. The van der Waals surface area contributed by atoms with Gasteiger partial charge in [-0.1, -0.05) is 6.07 Å². The lowest BCUT2D eigenvalue weighted by atomic mass is 10.2. The Kier molecular flexibility index (Phi) is 4.34. The Hall–Kier alpha value is -1.52. The van der Waals surface area contributed by atoms with Crippen LogP contribution in [0.2, 0.25) is 0 Å². The smallest absolute Gasteiger partial charge is 0.126 e. The van der Waals surface area contributed by atoms with Crippen LogP contribution in [0.25, 0.3) is 11.4 Å². The lowest BCUT2D eigenvalue weighted by molar-refractivity contribution is 0.927. The molecule has 84 valence electrons. The minimum atomic E-state index is 0. The molecular formula is C11H13ClN4. The molecule has 2 aromatic rings. The van der Waals surface area contributed by atoms with Gasteiger partial charge >= 0.3 is 0 Å². The fraction of sp³-hybridized carbons (Fsp3) is 0.182. The standard InChI is InChI=1S/C11H12N4.ClH/c1-8-14-9(7-12)6-11(15-8)10-4-2-3-5-13-10;/h2-6H,7,12H2,1H3;1H. The van der Waals surface area contributed by atoms with Crippen molar-refractivity contribution in [1.82, 2.24) is 15.0 Å². The third-order valence-corrected chi connectivity index (χ3v) is 2.03. The van der Waals surface area contributed by atoms with Crippen LogP contribution in [0.5, 0.6) is 0 Å². The van der Waals surface area contributed by atoms with E-state index in [1.54, 1.807) is 6.20 Å². The average molecular weight is 237 g/mol. The molecule has 0 bridgehead atoms. The van der Waals surface area contributed by atoms with Crippen molar-refractivity contribution in [2.24, 2.45) is 5.73 Å². The Balaban J connectivity index is 0.00000128. The molecule has 0 aliphatic rings. The van der Waals surface area contributed by atoms with Gasteiger partial charge in [-0.3, -0.25) is 4.98 Å². The molecule has 0 unspecified atom stereocenters. The quantitative estimate of drug-likeness (QED) is 0.863. The fourth-order valence-corrected chi connectivity index (χ4v) is 1.38. The monoisotopic (exact) mass is 236 g/mol. The molecule has 2 rings (SSSR count). The number of nitrogens with two attached hydrogens (primary N) is 1. The van der Waals surface area contributed by atoms with Gasteiger partial charge in [0.25, 0.3) is 0 Å². The molecule has 0 radical (unpaired) electrons. The summed E-state index contributed by atoms with van der Waals surface area (Å²) in [6.07, 6.45) is 1.74. The summed E-state index contributed by atoms with van der Waals surface area (Å²) in [5, 5.41) is 0. The Labute approximate surface area is 100 Å². The van der Waals surface area contributed by atoms with Gasteiger partial charge in [-0.05, 0) is 25.1 Å². The summed E-state index contributed by atoms with van der Waals surface area (Å²) in [7, 11) is 0. The predicted molar refractivity (Wildman–Crippen MR) is 65.1 cm³/mol. The maximum atomic E-state index is 5.55. The number of nitrogens with zero attached hydrogens (tertiary/aromatic N) is 3. The highest BCUT2D eigenvalue weighted by Crippen LogP contribution is 2.14. The lowest BCUT2D eigenvalue weighted by Gasteiger charge is -2.03. The minimum Gasteiger partial charge on any atom is -0.325 e. The zero-order chi connectivity index (χ0) is 10.7. The number of aromatic nitrogens is 3. The third-order valence-electron chi connectivity index (χ3n) is 2.03. The van der Waals surface area contributed by atoms with Gasteiger partial charge < -0.3 is 5.73 Å². The van der Waals surface area contributed by atoms with E-state index in [2.05, 4.69) is 15.0 Å². The van der Waals surface area contributed by atoms with Crippen LogP contribution in [0, 0.1) is 6.92 Å². The van der Waals surface area contributed by atoms with E-state index < -0.39 is 0 Å². The van der Waals surface area contributed by atoms with Crippen LogP contribution in [0.15, 0.2) is 30.5 Å². The third kappa shape index (κ3) is 2.74. The van der Waals surface area contributed by atoms with E-state index in [-0.39, 0.29) is 12.4 Å². The molecule has 16 heavy (non-hydrogen) atoms. The summed E-state index contributed by atoms with van der Waals surface area (Å²) in [6.45, 7) is 2.27. The Morgan fingerprint density at radius 3 is 2.62 bits per heavy atom. The first-order valence-electron chi connectivity index (χ1n) is 4.75. The van der Waals surface area contributed by atoms with Gasteiger partial charge in [-0.25, -0.2) is 9.97 Å². The van der Waals surface area contributed by atoms with Crippen molar-refractivity contribution in [3.63, 3.8) is 0 Å². The van der Waals surface area contributed by atoms with Gasteiger partial charge in [0, 0.05) is 12.7 Å². The van der Waals surface area contributed by atoms with Crippen molar-refractivity contribution in [2.45, 2.75) is 13.5 Å².